The molecule has 1 aliphatic carbocycles. The molecule has 4 heteroatoms. The highest BCUT2D eigenvalue weighted by molar-refractivity contribution is 6.31. The fourth-order valence-electron chi connectivity index (χ4n) is 2.29. The molecule has 18 heavy (non-hydrogen) atoms. The molecule has 0 atom stereocenters. The van der Waals surface area contributed by atoms with Crippen molar-refractivity contribution in [3.8, 4) is 5.88 Å². The molecule has 0 radical (unpaired) electrons. The maximum atomic E-state index is 6.10. The molecule has 0 aromatic carbocycles. The summed E-state index contributed by atoms with van der Waals surface area (Å²) in [6.45, 7) is 4.45. The molecule has 3 nitrogen and oxygen atoms in total. The number of halogens is 1. The van der Waals surface area contributed by atoms with Gasteiger partial charge >= 0.3 is 0 Å². The van der Waals surface area contributed by atoms with Crippen LogP contribution >= 0.6 is 11.6 Å². The summed E-state index contributed by atoms with van der Waals surface area (Å²) in [7, 11) is 0. The van der Waals surface area contributed by atoms with E-state index in [9.17, 15) is 0 Å². The number of nitrogens with zero attached hydrogens (tertiary/aromatic N) is 1. The third-order valence-corrected chi connectivity index (χ3v) is 3.72. The smallest absolute Gasteiger partial charge is 0.213 e. The zero-order chi connectivity index (χ0) is 12.8. The summed E-state index contributed by atoms with van der Waals surface area (Å²) in [5.41, 5.74) is 0.863. The maximum Gasteiger partial charge on any atom is 0.213 e. The van der Waals surface area contributed by atoms with E-state index in [-0.39, 0.29) is 0 Å². The minimum atomic E-state index is 0.690. The Bertz CT molecular complexity index is 378. The summed E-state index contributed by atoms with van der Waals surface area (Å²) in [6, 6.07) is 3.72. The second-order valence-corrected chi connectivity index (χ2v) is 5.23. The van der Waals surface area contributed by atoms with Gasteiger partial charge in [0.15, 0.2) is 0 Å². The van der Waals surface area contributed by atoms with Crippen molar-refractivity contribution in [2.45, 2.75) is 39.2 Å². The van der Waals surface area contributed by atoms with Crippen LogP contribution in [0.2, 0.25) is 5.02 Å². The van der Waals surface area contributed by atoms with Crippen molar-refractivity contribution in [2.75, 3.05) is 13.2 Å². The SMILES string of the molecule is CCNCc1nc(OCC2CCCC2)ccc1Cl. The van der Waals surface area contributed by atoms with Gasteiger partial charge in [0.05, 0.1) is 17.3 Å². The lowest BCUT2D eigenvalue weighted by Crippen LogP contribution is -2.14. The van der Waals surface area contributed by atoms with Crippen LogP contribution in [0.1, 0.15) is 38.3 Å². The maximum absolute atomic E-state index is 6.10. The Morgan fingerprint density at radius 1 is 1.39 bits per heavy atom. The van der Waals surface area contributed by atoms with E-state index in [1.165, 1.54) is 25.7 Å². The second-order valence-electron chi connectivity index (χ2n) is 4.82. The van der Waals surface area contributed by atoms with Crippen LogP contribution in [0.4, 0.5) is 0 Å². The Labute approximate surface area is 114 Å². The van der Waals surface area contributed by atoms with Gasteiger partial charge in [-0.15, -0.1) is 0 Å². The van der Waals surface area contributed by atoms with Gasteiger partial charge in [0.1, 0.15) is 0 Å². The van der Waals surface area contributed by atoms with Gasteiger partial charge in [0.25, 0.3) is 0 Å². The number of rotatable bonds is 6. The Morgan fingerprint density at radius 3 is 2.89 bits per heavy atom. The molecule has 1 fully saturated rings. The lowest BCUT2D eigenvalue weighted by molar-refractivity contribution is 0.243. The number of hydrogen-bond donors (Lipinski definition) is 1. The Morgan fingerprint density at radius 2 is 2.17 bits per heavy atom. The predicted molar refractivity (Wildman–Crippen MR) is 74.1 cm³/mol. The van der Waals surface area contributed by atoms with Crippen LogP contribution in [0.15, 0.2) is 12.1 Å². The highest BCUT2D eigenvalue weighted by atomic mass is 35.5. The van der Waals surface area contributed by atoms with E-state index < -0.39 is 0 Å². The molecule has 1 aromatic rings. The van der Waals surface area contributed by atoms with E-state index >= 15 is 0 Å². The molecular formula is C14H21ClN2O. The zero-order valence-corrected chi connectivity index (χ0v) is 11.7. The first-order valence-electron chi connectivity index (χ1n) is 6.78. The quantitative estimate of drug-likeness (QED) is 0.859. The highest BCUT2D eigenvalue weighted by Crippen LogP contribution is 2.25. The number of aromatic nitrogens is 1. The largest absolute Gasteiger partial charge is 0.477 e. The van der Waals surface area contributed by atoms with Gasteiger partial charge in [-0.1, -0.05) is 31.4 Å². The molecule has 100 valence electrons. The second kappa shape index (κ2) is 6.95. The first-order valence-corrected chi connectivity index (χ1v) is 7.16. The molecule has 0 bridgehead atoms. The van der Waals surface area contributed by atoms with Crippen LogP contribution < -0.4 is 10.1 Å². The molecular weight excluding hydrogens is 248 g/mol. The number of hydrogen-bond acceptors (Lipinski definition) is 3. The lowest BCUT2D eigenvalue weighted by atomic mass is 10.1. The van der Waals surface area contributed by atoms with Gasteiger partial charge in [0.2, 0.25) is 5.88 Å². The standard InChI is InChI=1S/C14H21ClN2O/c1-2-16-9-13-12(15)7-8-14(17-13)18-10-11-5-3-4-6-11/h7-8,11,16H,2-6,9-10H2,1H3. The van der Waals surface area contributed by atoms with Gasteiger partial charge in [-0.25, -0.2) is 4.98 Å². The van der Waals surface area contributed by atoms with E-state index in [1.807, 2.05) is 12.1 Å². The van der Waals surface area contributed by atoms with Crippen molar-refractivity contribution in [1.29, 1.82) is 0 Å². The lowest BCUT2D eigenvalue weighted by Gasteiger charge is -2.12. The van der Waals surface area contributed by atoms with Crippen molar-refractivity contribution >= 4 is 11.6 Å². The molecule has 2 rings (SSSR count). The average Bonchev–Trinajstić information content (AvgIpc) is 2.89. The third-order valence-electron chi connectivity index (χ3n) is 3.38. The topological polar surface area (TPSA) is 34.2 Å². The highest BCUT2D eigenvalue weighted by Gasteiger charge is 2.16. The Hall–Kier alpha value is -0.800. The Kier molecular flexibility index (Phi) is 5.26. The normalized spacial score (nSPS) is 16.1. The summed E-state index contributed by atoms with van der Waals surface area (Å²) in [5.74, 6) is 1.40. The van der Waals surface area contributed by atoms with Crippen LogP contribution in [-0.4, -0.2) is 18.1 Å². The van der Waals surface area contributed by atoms with Crippen molar-refractivity contribution < 1.29 is 4.74 Å². The van der Waals surface area contributed by atoms with Crippen molar-refractivity contribution in [2.24, 2.45) is 5.92 Å². The summed E-state index contributed by atoms with van der Waals surface area (Å²) in [6.07, 6.45) is 5.26. The van der Waals surface area contributed by atoms with Crippen LogP contribution in [-0.2, 0) is 6.54 Å². The third kappa shape index (κ3) is 3.85. The van der Waals surface area contributed by atoms with Gasteiger partial charge in [-0.05, 0) is 31.4 Å². The molecule has 1 aromatic heterocycles. The number of pyridine rings is 1. The summed E-state index contributed by atoms with van der Waals surface area (Å²) in [4.78, 5) is 4.45. The fourth-order valence-corrected chi connectivity index (χ4v) is 2.46. The minimum Gasteiger partial charge on any atom is -0.477 e. The van der Waals surface area contributed by atoms with E-state index in [0.717, 1.165) is 18.8 Å². The van der Waals surface area contributed by atoms with E-state index in [4.69, 9.17) is 16.3 Å². The number of ether oxygens (including phenoxy) is 1. The van der Waals surface area contributed by atoms with E-state index in [1.54, 1.807) is 0 Å². The molecule has 0 spiro atoms. The number of nitrogens with one attached hydrogen (secondary N) is 1. The Balaban J connectivity index is 1.91. The van der Waals surface area contributed by atoms with Crippen LogP contribution in [0, 0.1) is 5.92 Å². The zero-order valence-electron chi connectivity index (χ0n) is 10.9. The molecule has 0 aliphatic heterocycles. The average molecular weight is 269 g/mol. The molecule has 1 heterocycles. The van der Waals surface area contributed by atoms with Crippen LogP contribution in [0.25, 0.3) is 0 Å². The molecule has 0 unspecified atom stereocenters. The van der Waals surface area contributed by atoms with Crippen LogP contribution in [0.5, 0.6) is 5.88 Å². The molecule has 1 aliphatic rings. The molecule has 1 saturated carbocycles. The summed E-state index contributed by atoms with van der Waals surface area (Å²) >= 11 is 6.10. The van der Waals surface area contributed by atoms with E-state index in [0.29, 0.717) is 23.4 Å². The van der Waals surface area contributed by atoms with Gasteiger partial charge < -0.3 is 10.1 Å². The minimum absolute atomic E-state index is 0.690. The van der Waals surface area contributed by atoms with Crippen molar-refractivity contribution in [3.63, 3.8) is 0 Å². The van der Waals surface area contributed by atoms with Crippen molar-refractivity contribution in [1.82, 2.24) is 10.3 Å². The molecule has 1 N–H and O–H groups in total. The molecule has 0 amide bonds. The van der Waals surface area contributed by atoms with Crippen LogP contribution in [0.3, 0.4) is 0 Å². The van der Waals surface area contributed by atoms with Gasteiger partial charge in [-0.2, -0.15) is 0 Å². The fraction of sp³-hybridized carbons (Fsp3) is 0.643. The van der Waals surface area contributed by atoms with Gasteiger partial charge in [0, 0.05) is 12.6 Å². The monoisotopic (exact) mass is 268 g/mol. The van der Waals surface area contributed by atoms with E-state index in [2.05, 4.69) is 17.2 Å². The first-order chi connectivity index (χ1) is 8.79. The summed E-state index contributed by atoms with van der Waals surface area (Å²) < 4.78 is 5.77. The molecule has 0 saturated heterocycles. The first kappa shape index (κ1) is 13.6. The van der Waals surface area contributed by atoms with Gasteiger partial charge in [-0.3, -0.25) is 0 Å². The van der Waals surface area contributed by atoms with Crippen molar-refractivity contribution in [3.05, 3.63) is 22.8 Å². The predicted octanol–water partition coefficient (Wildman–Crippen LogP) is 3.41. The summed E-state index contributed by atoms with van der Waals surface area (Å²) in [5, 5.41) is 3.93.